The SMILES string of the molecule is CC(CO)c1cc(CN(C)C)cc(F)c1O. The van der Waals surface area contributed by atoms with Crippen LogP contribution in [0.25, 0.3) is 0 Å². The summed E-state index contributed by atoms with van der Waals surface area (Å²) >= 11 is 0. The van der Waals surface area contributed by atoms with Gasteiger partial charge in [0.05, 0.1) is 0 Å². The van der Waals surface area contributed by atoms with Crippen LogP contribution in [0, 0.1) is 5.82 Å². The maximum atomic E-state index is 13.4. The zero-order valence-corrected chi connectivity index (χ0v) is 9.87. The quantitative estimate of drug-likeness (QED) is 0.822. The second-order valence-corrected chi connectivity index (χ2v) is 4.34. The first-order valence-corrected chi connectivity index (χ1v) is 5.22. The fourth-order valence-electron chi connectivity index (χ4n) is 1.61. The summed E-state index contributed by atoms with van der Waals surface area (Å²) in [5, 5.41) is 18.6. The fourth-order valence-corrected chi connectivity index (χ4v) is 1.61. The lowest BCUT2D eigenvalue weighted by atomic mass is 9.98. The third-order valence-electron chi connectivity index (χ3n) is 2.46. The molecule has 4 heteroatoms. The van der Waals surface area contributed by atoms with Crippen molar-refractivity contribution in [3.05, 3.63) is 29.1 Å². The molecule has 0 aliphatic rings. The fraction of sp³-hybridized carbons (Fsp3) is 0.500. The Labute approximate surface area is 95.1 Å². The molecule has 0 radical (unpaired) electrons. The van der Waals surface area contributed by atoms with Gasteiger partial charge in [-0.3, -0.25) is 0 Å². The van der Waals surface area contributed by atoms with Gasteiger partial charge in [-0.1, -0.05) is 13.0 Å². The van der Waals surface area contributed by atoms with E-state index in [1.54, 1.807) is 13.0 Å². The number of aromatic hydroxyl groups is 1. The van der Waals surface area contributed by atoms with Crippen molar-refractivity contribution in [3.8, 4) is 5.75 Å². The smallest absolute Gasteiger partial charge is 0.165 e. The Kier molecular flexibility index (Phi) is 4.26. The van der Waals surface area contributed by atoms with Crippen molar-refractivity contribution in [1.29, 1.82) is 0 Å². The summed E-state index contributed by atoms with van der Waals surface area (Å²) in [4.78, 5) is 1.92. The Morgan fingerprint density at radius 1 is 1.38 bits per heavy atom. The van der Waals surface area contributed by atoms with E-state index in [0.717, 1.165) is 5.56 Å². The second kappa shape index (κ2) is 5.27. The van der Waals surface area contributed by atoms with Crippen LogP contribution in [0.4, 0.5) is 4.39 Å². The molecular formula is C12H18FNO2. The molecule has 1 aromatic rings. The molecular weight excluding hydrogens is 209 g/mol. The van der Waals surface area contributed by atoms with E-state index in [1.807, 2.05) is 19.0 Å². The molecule has 1 unspecified atom stereocenters. The van der Waals surface area contributed by atoms with E-state index >= 15 is 0 Å². The Morgan fingerprint density at radius 2 is 2.00 bits per heavy atom. The normalized spacial score (nSPS) is 13.1. The molecule has 1 atom stereocenters. The van der Waals surface area contributed by atoms with Gasteiger partial charge in [0.25, 0.3) is 0 Å². The number of halogens is 1. The zero-order chi connectivity index (χ0) is 12.3. The van der Waals surface area contributed by atoms with E-state index in [2.05, 4.69) is 0 Å². The van der Waals surface area contributed by atoms with Crippen molar-refractivity contribution >= 4 is 0 Å². The lowest BCUT2D eigenvalue weighted by Gasteiger charge is -2.15. The molecule has 1 rings (SSSR count). The van der Waals surface area contributed by atoms with E-state index in [0.29, 0.717) is 12.1 Å². The minimum absolute atomic E-state index is 0.113. The van der Waals surface area contributed by atoms with Crippen LogP contribution in [0.3, 0.4) is 0 Å². The number of hydrogen-bond donors (Lipinski definition) is 2. The summed E-state index contributed by atoms with van der Waals surface area (Å²) in [7, 11) is 3.78. The summed E-state index contributed by atoms with van der Waals surface area (Å²) in [5.74, 6) is -1.25. The molecule has 0 bridgehead atoms. The number of aliphatic hydroxyl groups is 1. The summed E-state index contributed by atoms with van der Waals surface area (Å²) in [6.07, 6.45) is 0. The standard InChI is InChI=1S/C12H18FNO2/c1-8(7-15)10-4-9(6-14(2)3)5-11(13)12(10)16/h4-5,8,15-16H,6-7H2,1-3H3. The lowest BCUT2D eigenvalue weighted by Crippen LogP contribution is -2.12. The van der Waals surface area contributed by atoms with E-state index in [4.69, 9.17) is 5.11 Å². The van der Waals surface area contributed by atoms with Crippen LogP contribution < -0.4 is 0 Å². The van der Waals surface area contributed by atoms with E-state index in [9.17, 15) is 9.50 Å². The van der Waals surface area contributed by atoms with E-state index in [1.165, 1.54) is 6.07 Å². The number of phenols is 1. The second-order valence-electron chi connectivity index (χ2n) is 4.34. The molecule has 3 nitrogen and oxygen atoms in total. The van der Waals surface area contributed by atoms with E-state index in [-0.39, 0.29) is 18.3 Å². The lowest BCUT2D eigenvalue weighted by molar-refractivity contribution is 0.269. The maximum absolute atomic E-state index is 13.4. The van der Waals surface area contributed by atoms with Crippen LogP contribution in [0.2, 0.25) is 0 Å². The average molecular weight is 227 g/mol. The molecule has 90 valence electrons. The van der Waals surface area contributed by atoms with Crippen molar-refractivity contribution in [3.63, 3.8) is 0 Å². The predicted octanol–water partition coefficient (Wildman–Crippen LogP) is 1.69. The van der Waals surface area contributed by atoms with Gasteiger partial charge >= 0.3 is 0 Å². The highest BCUT2D eigenvalue weighted by molar-refractivity contribution is 5.40. The third kappa shape index (κ3) is 2.93. The molecule has 0 amide bonds. The van der Waals surface area contributed by atoms with Crippen molar-refractivity contribution in [2.24, 2.45) is 0 Å². The summed E-state index contributed by atoms with van der Waals surface area (Å²) in [6, 6.07) is 3.06. The molecule has 0 spiro atoms. The molecule has 1 aromatic carbocycles. The molecule has 0 aliphatic heterocycles. The monoisotopic (exact) mass is 227 g/mol. The number of nitrogens with zero attached hydrogens (tertiary/aromatic N) is 1. The van der Waals surface area contributed by atoms with Crippen LogP contribution in [-0.4, -0.2) is 35.8 Å². The highest BCUT2D eigenvalue weighted by Crippen LogP contribution is 2.29. The van der Waals surface area contributed by atoms with Gasteiger partial charge in [0.1, 0.15) is 0 Å². The number of benzene rings is 1. The van der Waals surface area contributed by atoms with Gasteiger partial charge in [0.2, 0.25) is 0 Å². The first kappa shape index (κ1) is 12.9. The third-order valence-corrected chi connectivity index (χ3v) is 2.46. The van der Waals surface area contributed by atoms with Crippen molar-refractivity contribution < 1.29 is 14.6 Å². The van der Waals surface area contributed by atoms with Gasteiger partial charge in [-0.25, -0.2) is 4.39 Å². The van der Waals surface area contributed by atoms with Gasteiger partial charge < -0.3 is 15.1 Å². The van der Waals surface area contributed by atoms with Gasteiger partial charge in [-0.05, 0) is 25.7 Å². The first-order chi connectivity index (χ1) is 7.45. The van der Waals surface area contributed by atoms with Crippen molar-refractivity contribution in [2.45, 2.75) is 19.4 Å². The molecule has 16 heavy (non-hydrogen) atoms. The Balaban J connectivity index is 3.11. The Hall–Kier alpha value is -1.13. The minimum Gasteiger partial charge on any atom is -0.505 e. The zero-order valence-electron chi connectivity index (χ0n) is 9.87. The molecule has 0 heterocycles. The van der Waals surface area contributed by atoms with Crippen LogP contribution in [-0.2, 0) is 6.54 Å². The van der Waals surface area contributed by atoms with Crippen molar-refractivity contribution in [1.82, 2.24) is 4.90 Å². The van der Waals surface area contributed by atoms with Gasteiger partial charge in [-0.15, -0.1) is 0 Å². The van der Waals surface area contributed by atoms with Gasteiger partial charge in [0.15, 0.2) is 11.6 Å². The highest BCUT2D eigenvalue weighted by atomic mass is 19.1. The molecule has 0 aromatic heterocycles. The summed E-state index contributed by atoms with van der Waals surface area (Å²) in [5.41, 5.74) is 1.25. The number of rotatable bonds is 4. The average Bonchev–Trinajstić information content (AvgIpc) is 2.21. The van der Waals surface area contributed by atoms with Crippen molar-refractivity contribution in [2.75, 3.05) is 20.7 Å². The topological polar surface area (TPSA) is 43.7 Å². The Morgan fingerprint density at radius 3 is 2.50 bits per heavy atom. The van der Waals surface area contributed by atoms with Crippen LogP contribution in [0.1, 0.15) is 24.0 Å². The Bertz CT molecular complexity index is 366. The van der Waals surface area contributed by atoms with Crippen LogP contribution in [0.15, 0.2) is 12.1 Å². The summed E-state index contributed by atoms with van der Waals surface area (Å²) in [6.45, 7) is 2.23. The maximum Gasteiger partial charge on any atom is 0.165 e. The first-order valence-electron chi connectivity index (χ1n) is 5.22. The molecule has 0 saturated heterocycles. The number of aliphatic hydroxyl groups excluding tert-OH is 1. The largest absolute Gasteiger partial charge is 0.505 e. The minimum atomic E-state index is -0.630. The summed E-state index contributed by atoms with van der Waals surface area (Å²) < 4.78 is 13.4. The van der Waals surface area contributed by atoms with Crippen LogP contribution in [0.5, 0.6) is 5.75 Å². The number of hydrogen-bond acceptors (Lipinski definition) is 3. The molecule has 0 aliphatic carbocycles. The molecule has 2 N–H and O–H groups in total. The number of phenolic OH excluding ortho intramolecular Hbond substituents is 1. The van der Waals surface area contributed by atoms with Crippen LogP contribution >= 0.6 is 0 Å². The molecule has 0 fully saturated rings. The predicted molar refractivity (Wildman–Crippen MR) is 61.0 cm³/mol. The van der Waals surface area contributed by atoms with E-state index < -0.39 is 5.82 Å². The highest BCUT2D eigenvalue weighted by Gasteiger charge is 2.15. The molecule has 0 saturated carbocycles. The van der Waals surface area contributed by atoms with Gasteiger partial charge in [-0.2, -0.15) is 0 Å². The van der Waals surface area contributed by atoms with Gasteiger partial charge in [0, 0.05) is 24.6 Å².